The molecule has 0 radical (unpaired) electrons. The molecule has 1 rings (SSSR count). The largest absolute Gasteiger partial charge is 0.481 e. The number of ether oxygens (including phenoxy) is 2. The number of epoxide rings is 1. The Labute approximate surface area is 93.2 Å². The molecule has 0 aromatic rings. The first kappa shape index (κ1) is 12.9. The second-order valence-corrected chi connectivity index (χ2v) is 3.75. The Balaban J connectivity index is 2.37. The minimum absolute atomic E-state index is 0.0964. The fraction of sp³-hybridized carbons (Fsp3) is 0.800. The van der Waals surface area contributed by atoms with Gasteiger partial charge in [0, 0.05) is 0 Å². The predicted octanol–water partition coefficient (Wildman–Crippen LogP) is -0.0673. The van der Waals surface area contributed by atoms with Gasteiger partial charge in [-0.3, -0.25) is 4.79 Å². The van der Waals surface area contributed by atoms with Crippen LogP contribution in [-0.2, 0) is 19.1 Å². The molecule has 1 fully saturated rings. The van der Waals surface area contributed by atoms with Crippen LogP contribution in [0.5, 0.6) is 0 Å². The maximum absolute atomic E-state index is 11.3. The summed E-state index contributed by atoms with van der Waals surface area (Å²) in [5.74, 6) is -2.13. The van der Waals surface area contributed by atoms with E-state index in [9.17, 15) is 14.7 Å². The number of aliphatic hydroxyl groups excluding tert-OH is 1. The van der Waals surface area contributed by atoms with Crippen LogP contribution < -0.4 is 0 Å². The van der Waals surface area contributed by atoms with Crippen LogP contribution in [-0.4, -0.2) is 47.1 Å². The first-order chi connectivity index (χ1) is 7.54. The van der Waals surface area contributed by atoms with Gasteiger partial charge in [-0.05, 0) is 6.42 Å². The summed E-state index contributed by atoms with van der Waals surface area (Å²) in [4.78, 5) is 21.6. The molecule has 0 aliphatic carbocycles. The maximum atomic E-state index is 11.3. The lowest BCUT2D eigenvalue weighted by molar-refractivity contribution is -0.164. The standard InChI is InChI=1S/C10H16O6/c1-2-3-7(8-5-15-8)16-10(14)6(11)4-9(12)13/h6-8,11H,2-5H2,1H3,(H,12,13). The molecule has 0 saturated carbocycles. The Kier molecular flexibility index (Phi) is 4.70. The van der Waals surface area contributed by atoms with Crippen LogP contribution in [0.15, 0.2) is 0 Å². The number of esters is 1. The normalized spacial score (nSPS) is 22.2. The van der Waals surface area contributed by atoms with Gasteiger partial charge >= 0.3 is 11.9 Å². The minimum atomic E-state index is -1.60. The van der Waals surface area contributed by atoms with Gasteiger partial charge in [0.2, 0.25) is 0 Å². The fourth-order valence-corrected chi connectivity index (χ4v) is 1.35. The molecule has 1 saturated heterocycles. The molecule has 3 atom stereocenters. The maximum Gasteiger partial charge on any atom is 0.335 e. The predicted molar refractivity (Wildman–Crippen MR) is 52.8 cm³/mol. The summed E-state index contributed by atoms with van der Waals surface area (Å²) in [5, 5.41) is 17.6. The van der Waals surface area contributed by atoms with Crippen molar-refractivity contribution in [2.45, 2.75) is 44.5 Å². The molecular weight excluding hydrogens is 216 g/mol. The topological polar surface area (TPSA) is 96.4 Å². The van der Waals surface area contributed by atoms with Gasteiger partial charge in [0.25, 0.3) is 0 Å². The van der Waals surface area contributed by atoms with Crippen molar-refractivity contribution >= 4 is 11.9 Å². The van der Waals surface area contributed by atoms with Crippen molar-refractivity contribution in [3.63, 3.8) is 0 Å². The lowest BCUT2D eigenvalue weighted by Crippen LogP contribution is -2.32. The summed E-state index contributed by atoms with van der Waals surface area (Å²) >= 11 is 0. The van der Waals surface area contributed by atoms with Gasteiger partial charge < -0.3 is 19.7 Å². The van der Waals surface area contributed by atoms with Crippen LogP contribution in [0.1, 0.15) is 26.2 Å². The van der Waals surface area contributed by atoms with Crippen LogP contribution in [0.25, 0.3) is 0 Å². The molecule has 0 amide bonds. The number of carboxylic acid groups (broad SMARTS) is 1. The third kappa shape index (κ3) is 4.16. The van der Waals surface area contributed by atoms with Crippen LogP contribution in [0.3, 0.4) is 0 Å². The van der Waals surface area contributed by atoms with Crippen LogP contribution >= 0.6 is 0 Å². The van der Waals surface area contributed by atoms with Crippen LogP contribution in [0.4, 0.5) is 0 Å². The molecule has 0 spiro atoms. The average molecular weight is 232 g/mol. The third-order valence-electron chi connectivity index (χ3n) is 2.25. The second-order valence-electron chi connectivity index (χ2n) is 3.75. The van der Waals surface area contributed by atoms with Gasteiger partial charge in [0.05, 0.1) is 13.0 Å². The van der Waals surface area contributed by atoms with Gasteiger partial charge in [0.1, 0.15) is 12.2 Å². The Bertz CT molecular complexity index is 260. The number of hydrogen-bond acceptors (Lipinski definition) is 5. The van der Waals surface area contributed by atoms with E-state index in [2.05, 4.69) is 0 Å². The number of carbonyl (C=O) groups excluding carboxylic acids is 1. The monoisotopic (exact) mass is 232 g/mol. The summed E-state index contributed by atoms with van der Waals surface area (Å²) in [6, 6.07) is 0. The molecule has 1 aliphatic heterocycles. The Morgan fingerprint density at radius 1 is 1.56 bits per heavy atom. The molecular formula is C10H16O6. The number of aliphatic carboxylic acids is 1. The molecule has 1 aliphatic rings. The van der Waals surface area contributed by atoms with Crippen molar-refractivity contribution in [2.24, 2.45) is 0 Å². The summed E-state index contributed by atoms with van der Waals surface area (Å²) in [6.45, 7) is 2.49. The molecule has 16 heavy (non-hydrogen) atoms. The van der Waals surface area contributed by atoms with Crippen molar-refractivity contribution in [1.82, 2.24) is 0 Å². The molecule has 0 aromatic heterocycles. The average Bonchev–Trinajstić information content (AvgIpc) is 2.99. The van der Waals surface area contributed by atoms with E-state index < -0.39 is 24.5 Å². The van der Waals surface area contributed by atoms with Crippen LogP contribution in [0, 0.1) is 0 Å². The highest BCUT2D eigenvalue weighted by molar-refractivity contribution is 5.80. The van der Waals surface area contributed by atoms with Crippen molar-refractivity contribution < 1.29 is 29.3 Å². The van der Waals surface area contributed by atoms with E-state index in [1.807, 2.05) is 6.92 Å². The van der Waals surface area contributed by atoms with Gasteiger partial charge in [0.15, 0.2) is 6.10 Å². The van der Waals surface area contributed by atoms with E-state index in [0.717, 1.165) is 6.42 Å². The smallest absolute Gasteiger partial charge is 0.335 e. The van der Waals surface area contributed by atoms with Crippen molar-refractivity contribution in [3.05, 3.63) is 0 Å². The molecule has 92 valence electrons. The van der Waals surface area contributed by atoms with E-state index in [1.54, 1.807) is 0 Å². The Morgan fingerprint density at radius 2 is 2.19 bits per heavy atom. The molecule has 1 heterocycles. The van der Waals surface area contributed by atoms with E-state index >= 15 is 0 Å². The van der Waals surface area contributed by atoms with E-state index in [-0.39, 0.29) is 12.2 Å². The first-order valence-electron chi connectivity index (χ1n) is 5.26. The minimum Gasteiger partial charge on any atom is -0.481 e. The van der Waals surface area contributed by atoms with Crippen molar-refractivity contribution in [1.29, 1.82) is 0 Å². The molecule has 0 aromatic carbocycles. The number of carboxylic acids is 1. The van der Waals surface area contributed by atoms with E-state index in [1.165, 1.54) is 0 Å². The van der Waals surface area contributed by atoms with Gasteiger partial charge in [-0.15, -0.1) is 0 Å². The lowest BCUT2D eigenvalue weighted by atomic mass is 10.1. The fourth-order valence-electron chi connectivity index (χ4n) is 1.35. The second kappa shape index (κ2) is 5.81. The zero-order valence-electron chi connectivity index (χ0n) is 9.09. The quantitative estimate of drug-likeness (QED) is 0.471. The third-order valence-corrected chi connectivity index (χ3v) is 2.25. The summed E-state index contributed by atoms with van der Waals surface area (Å²) in [5.41, 5.74) is 0. The highest BCUT2D eigenvalue weighted by atomic mass is 16.6. The zero-order valence-corrected chi connectivity index (χ0v) is 9.09. The molecule has 6 nitrogen and oxygen atoms in total. The summed E-state index contributed by atoms with van der Waals surface area (Å²) in [6.07, 6.45) is -1.23. The van der Waals surface area contributed by atoms with E-state index in [4.69, 9.17) is 14.6 Å². The Morgan fingerprint density at radius 3 is 2.62 bits per heavy atom. The SMILES string of the molecule is CCCC(OC(=O)C(O)CC(=O)O)C1CO1. The van der Waals surface area contributed by atoms with Gasteiger partial charge in [-0.25, -0.2) is 4.79 Å². The highest BCUT2D eigenvalue weighted by Gasteiger charge is 2.36. The summed E-state index contributed by atoms with van der Waals surface area (Å²) < 4.78 is 10.0. The first-order valence-corrected chi connectivity index (χ1v) is 5.26. The lowest BCUT2D eigenvalue weighted by Gasteiger charge is -2.16. The van der Waals surface area contributed by atoms with Gasteiger partial charge in [-0.1, -0.05) is 13.3 Å². The zero-order chi connectivity index (χ0) is 12.1. The number of rotatable bonds is 7. The molecule has 6 heteroatoms. The van der Waals surface area contributed by atoms with Gasteiger partial charge in [-0.2, -0.15) is 0 Å². The van der Waals surface area contributed by atoms with E-state index in [0.29, 0.717) is 13.0 Å². The molecule has 2 N–H and O–H groups in total. The number of hydrogen-bond donors (Lipinski definition) is 2. The van der Waals surface area contributed by atoms with Crippen LogP contribution in [0.2, 0.25) is 0 Å². The Hall–Kier alpha value is -1.14. The van der Waals surface area contributed by atoms with Crippen molar-refractivity contribution in [2.75, 3.05) is 6.61 Å². The molecule has 3 unspecified atom stereocenters. The highest BCUT2D eigenvalue weighted by Crippen LogP contribution is 2.21. The van der Waals surface area contributed by atoms with Crippen molar-refractivity contribution in [3.8, 4) is 0 Å². The number of carbonyl (C=O) groups is 2. The number of aliphatic hydroxyl groups is 1. The summed E-state index contributed by atoms with van der Waals surface area (Å²) in [7, 11) is 0. The molecule has 0 bridgehead atoms.